The molecule has 0 spiro atoms. The first-order valence-corrected chi connectivity index (χ1v) is 4.13. The summed E-state index contributed by atoms with van der Waals surface area (Å²) in [6.45, 7) is 1.78. The number of carbonyl (C=O) groups is 2. The third kappa shape index (κ3) is 1.45. The van der Waals surface area contributed by atoms with E-state index in [1.807, 2.05) is 22.6 Å². The first kappa shape index (κ1) is 7.91. The quantitative estimate of drug-likeness (QED) is 0.610. The molecule has 1 atom stereocenters. The Morgan fingerprint density at radius 3 is 2.70 bits per heavy atom. The molecule has 0 aliphatic heterocycles. The maximum absolute atomic E-state index is 10.9. The van der Waals surface area contributed by atoms with Gasteiger partial charge in [-0.05, 0) is 28.7 Å². The fraction of sp³-hybridized carbons (Fsp3) is 0.429. The highest BCUT2D eigenvalue weighted by atomic mass is 127. The van der Waals surface area contributed by atoms with Crippen LogP contribution in [0.4, 0.5) is 0 Å². The van der Waals surface area contributed by atoms with Crippen LogP contribution in [0.1, 0.15) is 13.3 Å². The molecular weight excluding hydrogens is 243 g/mol. The van der Waals surface area contributed by atoms with Crippen LogP contribution in [0.3, 0.4) is 0 Å². The first-order chi connectivity index (χ1) is 4.61. The molecule has 0 aromatic heterocycles. The number of hydrogen-bond acceptors (Lipinski definition) is 2. The smallest absolute Gasteiger partial charge is 0.169 e. The molecule has 0 aromatic carbocycles. The average molecular weight is 250 g/mol. The van der Waals surface area contributed by atoms with Crippen LogP contribution in [0.15, 0.2) is 9.66 Å². The van der Waals surface area contributed by atoms with E-state index >= 15 is 0 Å². The molecule has 1 aliphatic rings. The van der Waals surface area contributed by atoms with Crippen LogP contribution in [0.2, 0.25) is 0 Å². The Bertz CT molecular complexity index is 218. The third-order valence-electron chi connectivity index (χ3n) is 1.51. The molecule has 0 N–H and O–H groups in total. The number of hydrogen-bond donors (Lipinski definition) is 0. The topological polar surface area (TPSA) is 34.1 Å². The minimum absolute atomic E-state index is 0.0731. The van der Waals surface area contributed by atoms with Gasteiger partial charge in [-0.1, -0.05) is 6.92 Å². The van der Waals surface area contributed by atoms with Crippen molar-refractivity contribution in [3.63, 3.8) is 0 Å². The minimum atomic E-state index is -0.106. The molecule has 0 aromatic rings. The number of allylic oxidation sites excluding steroid dienone is 2. The van der Waals surface area contributed by atoms with E-state index in [9.17, 15) is 9.59 Å². The van der Waals surface area contributed by atoms with Gasteiger partial charge in [0.25, 0.3) is 0 Å². The number of Topliss-reactive ketones (excluding diaryl/α,β-unsaturated/α-hetero) is 1. The summed E-state index contributed by atoms with van der Waals surface area (Å²) in [6.07, 6.45) is 1.81. The Morgan fingerprint density at radius 1 is 1.60 bits per heavy atom. The summed E-state index contributed by atoms with van der Waals surface area (Å²) in [5.41, 5.74) is 0. The predicted octanol–water partition coefficient (Wildman–Crippen LogP) is 1.48. The van der Waals surface area contributed by atoms with Crippen LogP contribution in [0, 0.1) is 5.92 Å². The summed E-state index contributed by atoms with van der Waals surface area (Å²) < 4.78 is 0.570. The van der Waals surface area contributed by atoms with Crippen LogP contribution < -0.4 is 0 Å². The number of rotatable bonds is 0. The van der Waals surface area contributed by atoms with E-state index < -0.39 is 0 Å². The highest BCUT2D eigenvalue weighted by Gasteiger charge is 2.22. The lowest BCUT2D eigenvalue weighted by Crippen LogP contribution is -2.19. The van der Waals surface area contributed by atoms with Gasteiger partial charge in [0.05, 0.1) is 3.58 Å². The summed E-state index contributed by atoms with van der Waals surface area (Å²) in [5.74, 6) is 0.0581. The monoisotopic (exact) mass is 250 g/mol. The molecule has 0 heterocycles. The lowest BCUT2D eigenvalue weighted by Gasteiger charge is -2.11. The molecule has 1 rings (SSSR count). The third-order valence-corrected chi connectivity index (χ3v) is 2.43. The van der Waals surface area contributed by atoms with Crippen molar-refractivity contribution in [3.8, 4) is 0 Å². The zero-order valence-corrected chi connectivity index (χ0v) is 7.71. The highest BCUT2D eigenvalue weighted by molar-refractivity contribution is 14.1. The van der Waals surface area contributed by atoms with Gasteiger partial charge in [-0.2, -0.15) is 0 Å². The molecule has 54 valence electrons. The van der Waals surface area contributed by atoms with E-state index in [1.54, 1.807) is 6.92 Å². The summed E-state index contributed by atoms with van der Waals surface area (Å²) >= 11 is 1.90. The van der Waals surface area contributed by atoms with Crippen molar-refractivity contribution in [1.29, 1.82) is 0 Å². The molecule has 0 saturated carbocycles. The highest BCUT2D eigenvalue weighted by Crippen LogP contribution is 2.21. The zero-order valence-electron chi connectivity index (χ0n) is 5.56. The van der Waals surface area contributed by atoms with Crippen LogP contribution in [0.25, 0.3) is 0 Å². The lowest BCUT2D eigenvalue weighted by atomic mass is 9.94. The minimum Gasteiger partial charge on any atom is -0.295 e. The molecule has 0 unspecified atom stereocenters. The lowest BCUT2D eigenvalue weighted by molar-refractivity contribution is -0.124. The summed E-state index contributed by atoms with van der Waals surface area (Å²) in [5, 5.41) is 0. The average Bonchev–Trinajstić information content (AvgIpc) is 1.84. The standard InChI is InChI=1S/C7H7IO2/c1-4-2-7(10)5(8)3-6(4)9/h3-4H,2H2,1H3/t4-/m1/s1. The summed E-state index contributed by atoms with van der Waals surface area (Å²) in [7, 11) is 0. The Kier molecular flexibility index (Phi) is 2.23. The van der Waals surface area contributed by atoms with Crippen LogP contribution in [-0.4, -0.2) is 11.6 Å². The second-order valence-corrected chi connectivity index (χ2v) is 3.59. The summed E-state index contributed by atoms with van der Waals surface area (Å²) in [6, 6.07) is 0. The van der Waals surface area contributed by atoms with Crippen molar-refractivity contribution in [2.45, 2.75) is 13.3 Å². The van der Waals surface area contributed by atoms with E-state index in [2.05, 4.69) is 0 Å². The molecule has 0 fully saturated rings. The fourth-order valence-corrected chi connectivity index (χ4v) is 1.35. The number of ketones is 2. The molecule has 1 aliphatic carbocycles. The SMILES string of the molecule is C[C@@H]1CC(=O)C(I)=CC1=O. The molecule has 2 nitrogen and oxygen atoms in total. The molecular formula is C7H7IO2. The molecule has 0 saturated heterocycles. The van der Waals surface area contributed by atoms with E-state index in [0.717, 1.165) is 0 Å². The van der Waals surface area contributed by atoms with Crippen molar-refractivity contribution in [1.82, 2.24) is 0 Å². The Balaban J connectivity index is 2.90. The Morgan fingerprint density at radius 2 is 2.20 bits per heavy atom. The number of halogens is 1. The molecule has 10 heavy (non-hydrogen) atoms. The van der Waals surface area contributed by atoms with Gasteiger partial charge in [-0.3, -0.25) is 9.59 Å². The van der Waals surface area contributed by atoms with Gasteiger partial charge in [0.2, 0.25) is 0 Å². The van der Waals surface area contributed by atoms with Gasteiger partial charge in [-0.15, -0.1) is 0 Å². The predicted molar refractivity (Wildman–Crippen MR) is 45.9 cm³/mol. The van der Waals surface area contributed by atoms with Gasteiger partial charge in [0.15, 0.2) is 11.6 Å². The van der Waals surface area contributed by atoms with Crippen molar-refractivity contribution < 1.29 is 9.59 Å². The van der Waals surface area contributed by atoms with Crippen LogP contribution in [0.5, 0.6) is 0 Å². The van der Waals surface area contributed by atoms with Crippen molar-refractivity contribution >= 4 is 34.2 Å². The van der Waals surface area contributed by atoms with Crippen molar-refractivity contribution in [3.05, 3.63) is 9.66 Å². The van der Waals surface area contributed by atoms with Crippen LogP contribution in [-0.2, 0) is 9.59 Å². The van der Waals surface area contributed by atoms with Crippen molar-refractivity contribution in [2.75, 3.05) is 0 Å². The zero-order chi connectivity index (χ0) is 7.72. The van der Waals surface area contributed by atoms with Gasteiger partial charge >= 0.3 is 0 Å². The van der Waals surface area contributed by atoms with Gasteiger partial charge < -0.3 is 0 Å². The van der Waals surface area contributed by atoms with Gasteiger partial charge in [0, 0.05) is 12.3 Å². The van der Waals surface area contributed by atoms with Crippen LogP contribution >= 0.6 is 22.6 Å². The van der Waals surface area contributed by atoms with E-state index in [-0.39, 0.29) is 17.5 Å². The largest absolute Gasteiger partial charge is 0.295 e. The second kappa shape index (κ2) is 2.82. The van der Waals surface area contributed by atoms with E-state index in [4.69, 9.17) is 0 Å². The fourth-order valence-electron chi connectivity index (χ4n) is 0.824. The summed E-state index contributed by atoms with van der Waals surface area (Å²) in [4.78, 5) is 21.8. The molecule has 3 heteroatoms. The Hall–Kier alpha value is -0.190. The maximum atomic E-state index is 10.9. The van der Waals surface area contributed by atoms with E-state index in [0.29, 0.717) is 10.0 Å². The second-order valence-electron chi connectivity index (χ2n) is 2.42. The maximum Gasteiger partial charge on any atom is 0.169 e. The van der Waals surface area contributed by atoms with Gasteiger partial charge in [0.1, 0.15) is 0 Å². The molecule has 0 amide bonds. The normalized spacial score (nSPS) is 26.6. The number of carbonyl (C=O) groups excluding carboxylic acids is 2. The Labute approximate surface area is 72.8 Å². The van der Waals surface area contributed by atoms with Crippen molar-refractivity contribution in [2.24, 2.45) is 5.92 Å². The molecule has 0 bridgehead atoms. The van der Waals surface area contributed by atoms with E-state index in [1.165, 1.54) is 6.08 Å². The molecule has 0 radical (unpaired) electrons. The first-order valence-electron chi connectivity index (χ1n) is 3.05. The van der Waals surface area contributed by atoms with Gasteiger partial charge in [-0.25, -0.2) is 0 Å².